The van der Waals surface area contributed by atoms with E-state index in [4.69, 9.17) is 0 Å². The third-order valence-electron chi connectivity index (χ3n) is 4.72. The molecule has 8 heteroatoms. The van der Waals surface area contributed by atoms with E-state index in [0.717, 1.165) is 9.13 Å². The fraction of sp³-hybridized carbons (Fsp3) is 0.471. The van der Waals surface area contributed by atoms with E-state index in [-0.39, 0.29) is 23.6 Å². The standard InChI is InChI=1S/C17H19IN2O4S/c1-16(2)12(13(22)23)20-14(24)17(3,15(20)25-16)19-11(21)8-9-6-4-5-7-10(9)18/h4-7,12,15H,8H2,1-3H3,(H,19,21)(H,22,23)/t12-,15+,17-/m0/s1. The fourth-order valence-corrected chi connectivity index (χ4v) is 5.71. The average molecular weight is 474 g/mol. The summed E-state index contributed by atoms with van der Waals surface area (Å²) >= 11 is 3.60. The van der Waals surface area contributed by atoms with Crippen molar-refractivity contribution in [3.8, 4) is 0 Å². The molecule has 0 spiro atoms. The minimum Gasteiger partial charge on any atom is -0.480 e. The molecule has 0 saturated carbocycles. The second-order valence-corrected chi connectivity index (χ2v) is 9.94. The van der Waals surface area contributed by atoms with Crippen molar-refractivity contribution in [2.45, 2.75) is 48.9 Å². The molecule has 6 nitrogen and oxygen atoms in total. The normalized spacial score (nSPS) is 29.8. The second-order valence-electron chi connectivity index (χ2n) is 7.05. The third kappa shape index (κ3) is 2.92. The number of hydrogen-bond acceptors (Lipinski definition) is 4. The minimum atomic E-state index is -1.07. The highest BCUT2D eigenvalue weighted by Crippen LogP contribution is 2.54. The lowest BCUT2D eigenvalue weighted by Gasteiger charge is -2.51. The van der Waals surface area contributed by atoms with E-state index in [1.807, 2.05) is 38.1 Å². The van der Waals surface area contributed by atoms with Crippen molar-refractivity contribution >= 4 is 52.1 Å². The molecule has 3 rings (SSSR count). The molecule has 0 aliphatic carbocycles. The Labute approximate surface area is 163 Å². The van der Waals surface area contributed by atoms with E-state index >= 15 is 0 Å². The molecule has 25 heavy (non-hydrogen) atoms. The Bertz CT molecular complexity index is 769. The first-order chi connectivity index (χ1) is 11.6. The first-order valence-electron chi connectivity index (χ1n) is 7.86. The Morgan fingerprint density at radius 3 is 2.56 bits per heavy atom. The van der Waals surface area contributed by atoms with Crippen molar-refractivity contribution in [1.29, 1.82) is 0 Å². The van der Waals surface area contributed by atoms with Crippen molar-refractivity contribution in [1.82, 2.24) is 10.2 Å². The highest BCUT2D eigenvalue weighted by atomic mass is 127. The van der Waals surface area contributed by atoms with E-state index in [1.54, 1.807) is 6.92 Å². The number of hydrogen-bond donors (Lipinski definition) is 2. The quantitative estimate of drug-likeness (QED) is 0.514. The Hall–Kier alpha value is -1.29. The van der Waals surface area contributed by atoms with Gasteiger partial charge in [0, 0.05) is 8.32 Å². The molecule has 2 saturated heterocycles. The largest absolute Gasteiger partial charge is 0.480 e. The number of rotatable bonds is 4. The highest BCUT2D eigenvalue weighted by Gasteiger charge is 2.69. The Morgan fingerprint density at radius 2 is 1.96 bits per heavy atom. The van der Waals surface area contributed by atoms with Crippen LogP contribution in [0.15, 0.2) is 24.3 Å². The summed E-state index contributed by atoms with van der Waals surface area (Å²) in [5, 5.41) is 11.9. The first-order valence-corrected chi connectivity index (χ1v) is 9.81. The van der Waals surface area contributed by atoms with Crippen LogP contribution in [0.4, 0.5) is 0 Å². The number of carboxylic acids is 1. The van der Waals surface area contributed by atoms with Gasteiger partial charge in [-0.05, 0) is 55.0 Å². The number of carbonyl (C=O) groups excluding carboxylic acids is 2. The number of nitrogens with zero attached hydrogens (tertiary/aromatic N) is 1. The van der Waals surface area contributed by atoms with Crippen molar-refractivity contribution in [3.05, 3.63) is 33.4 Å². The molecule has 2 amide bonds. The zero-order valence-electron chi connectivity index (χ0n) is 14.1. The maximum atomic E-state index is 12.7. The van der Waals surface area contributed by atoms with E-state index in [0.29, 0.717) is 0 Å². The molecular weight excluding hydrogens is 455 g/mol. The summed E-state index contributed by atoms with van der Waals surface area (Å²) in [6.45, 7) is 5.31. The number of fused-ring (bicyclic) bond motifs is 1. The molecule has 3 atom stereocenters. The van der Waals surface area contributed by atoms with Gasteiger partial charge in [0.25, 0.3) is 5.91 Å². The lowest BCUT2D eigenvalue weighted by molar-refractivity contribution is -0.167. The number of nitrogens with one attached hydrogen (secondary N) is 1. The Balaban J connectivity index is 1.76. The van der Waals surface area contributed by atoms with Gasteiger partial charge in [0.1, 0.15) is 17.0 Å². The van der Waals surface area contributed by atoms with Gasteiger partial charge in [-0.1, -0.05) is 18.2 Å². The number of benzene rings is 1. The van der Waals surface area contributed by atoms with Gasteiger partial charge in [-0.3, -0.25) is 9.59 Å². The number of aliphatic carboxylic acids is 1. The lowest BCUT2D eigenvalue weighted by atomic mass is 9.86. The molecule has 2 aliphatic heterocycles. The predicted octanol–water partition coefficient (Wildman–Crippen LogP) is 1.86. The summed E-state index contributed by atoms with van der Waals surface area (Å²) < 4.78 is 0.382. The number of halogens is 1. The van der Waals surface area contributed by atoms with Gasteiger partial charge in [-0.15, -0.1) is 11.8 Å². The van der Waals surface area contributed by atoms with E-state index < -0.39 is 22.3 Å². The summed E-state index contributed by atoms with van der Waals surface area (Å²) in [6, 6.07) is 6.70. The SMILES string of the molecule is CC1(C)S[C@H]2N(C(=O)[C@]2(C)NC(=O)Cc2ccccc2I)[C@H]1C(=O)O. The molecule has 0 unspecified atom stereocenters. The van der Waals surface area contributed by atoms with Crippen LogP contribution in [0, 0.1) is 3.57 Å². The van der Waals surface area contributed by atoms with Crippen LogP contribution in [-0.2, 0) is 20.8 Å². The summed E-state index contributed by atoms with van der Waals surface area (Å²) in [7, 11) is 0. The van der Waals surface area contributed by atoms with Crippen LogP contribution in [0.5, 0.6) is 0 Å². The Kier molecular flexibility index (Phi) is 4.55. The topological polar surface area (TPSA) is 86.7 Å². The number of carbonyl (C=O) groups is 3. The molecule has 0 radical (unpaired) electrons. The van der Waals surface area contributed by atoms with E-state index in [1.165, 1.54) is 16.7 Å². The maximum absolute atomic E-state index is 12.7. The number of thioether (sulfide) groups is 1. The molecule has 1 aromatic carbocycles. The summed E-state index contributed by atoms with van der Waals surface area (Å²) in [4.78, 5) is 38.1. The summed E-state index contributed by atoms with van der Waals surface area (Å²) in [5.74, 6) is -1.59. The third-order valence-corrected chi connectivity index (χ3v) is 7.52. The van der Waals surface area contributed by atoms with Crippen LogP contribution in [0.3, 0.4) is 0 Å². The first kappa shape index (κ1) is 18.5. The molecule has 1 aromatic rings. The van der Waals surface area contributed by atoms with Crippen LogP contribution >= 0.6 is 34.4 Å². The van der Waals surface area contributed by atoms with E-state index in [9.17, 15) is 19.5 Å². The highest BCUT2D eigenvalue weighted by molar-refractivity contribution is 14.1. The zero-order chi connectivity index (χ0) is 18.6. The average Bonchev–Trinajstić information content (AvgIpc) is 2.79. The molecule has 2 fully saturated rings. The fourth-order valence-electron chi connectivity index (χ4n) is 3.49. The molecule has 0 bridgehead atoms. The lowest BCUT2D eigenvalue weighted by Crippen LogP contribution is -2.78. The van der Waals surface area contributed by atoms with Gasteiger partial charge in [0.2, 0.25) is 5.91 Å². The van der Waals surface area contributed by atoms with Gasteiger partial charge in [0.05, 0.1) is 6.42 Å². The molecule has 0 aromatic heterocycles. The van der Waals surface area contributed by atoms with Crippen LogP contribution in [-0.4, -0.2) is 49.5 Å². The number of β-lactam (4-membered cyclic amide) rings is 1. The molecular formula is C17H19IN2O4S. The number of amides is 2. The Morgan fingerprint density at radius 1 is 1.32 bits per heavy atom. The van der Waals surface area contributed by atoms with Gasteiger partial charge in [0.15, 0.2) is 0 Å². The van der Waals surface area contributed by atoms with E-state index in [2.05, 4.69) is 27.9 Å². The van der Waals surface area contributed by atoms with Crippen molar-refractivity contribution in [2.24, 2.45) is 0 Å². The molecule has 2 N–H and O–H groups in total. The van der Waals surface area contributed by atoms with Crippen LogP contribution in [0.1, 0.15) is 26.3 Å². The van der Waals surface area contributed by atoms with Gasteiger partial charge in [-0.25, -0.2) is 4.79 Å². The van der Waals surface area contributed by atoms with Crippen molar-refractivity contribution in [2.75, 3.05) is 0 Å². The molecule has 2 heterocycles. The van der Waals surface area contributed by atoms with Crippen molar-refractivity contribution < 1.29 is 19.5 Å². The summed E-state index contributed by atoms with van der Waals surface area (Å²) in [5.41, 5.74) is -0.167. The molecule has 2 aliphatic rings. The summed E-state index contributed by atoms with van der Waals surface area (Å²) in [6.07, 6.45) is 0.186. The second kappa shape index (κ2) is 6.15. The monoisotopic (exact) mass is 474 g/mol. The number of carboxylic acid groups (broad SMARTS) is 1. The minimum absolute atomic E-state index is 0.186. The predicted molar refractivity (Wildman–Crippen MR) is 103 cm³/mol. The van der Waals surface area contributed by atoms with Gasteiger partial charge < -0.3 is 15.3 Å². The van der Waals surface area contributed by atoms with Gasteiger partial charge in [-0.2, -0.15) is 0 Å². The van der Waals surface area contributed by atoms with Crippen LogP contribution in [0.25, 0.3) is 0 Å². The van der Waals surface area contributed by atoms with Crippen molar-refractivity contribution in [3.63, 3.8) is 0 Å². The van der Waals surface area contributed by atoms with Gasteiger partial charge >= 0.3 is 5.97 Å². The smallest absolute Gasteiger partial charge is 0.327 e. The molecule has 134 valence electrons. The van der Waals surface area contributed by atoms with Crippen LogP contribution < -0.4 is 5.32 Å². The van der Waals surface area contributed by atoms with Crippen LogP contribution in [0.2, 0.25) is 0 Å². The zero-order valence-corrected chi connectivity index (χ0v) is 17.1. The maximum Gasteiger partial charge on any atom is 0.327 e.